The third kappa shape index (κ3) is 7.52. The van der Waals surface area contributed by atoms with Crippen molar-refractivity contribution in [3.63, 3.8) is 0 Å². The largest absolute Gasteiger partial charge is 0.494 e. The van der Waals surface area contributed by atoms with Gasteiger partial charge in [0.2, 0.25) is 0 Å². The summed E-state index contributed by atoms with van der Waals surface area (Å²) >= 11 is 7.37. The van der Waals surface area contributed by atoms with Crippen molar-refractivity contribution in [3.8, 4) is 5.75 Å². The zero-order valence-corrected chi connectivity index (χ0v) is 23.3. The van der Waals surface area contributed by atoms with Crippen LogP contribution in [0.3, 0.4) is 0 Å². The van der Waals surface area contributed by atoms with Crippen molar-refractivity contribution in [1.29, 1.82) is 0 Å². The molecule has 3 aromatic carbocycles. The predicted octanol–water partition coefficient (Wildman–Crippen LogP) is 6.24. The Morgan fingerprint density at radius 1 is 0.975 bits per heavy atom. The molecule has 0 bridgehead atoms. The lowest BCUT2D eigenvalue weighted by Crippen LogP contribution is -2.29. The number of aromatic nitrogens is 1. The first kappa shape index (κ1) is 28.5. The summed E-state index contributed by atoms with van der Waals surface area (Å²) in [6.45, 7) is 4.09. The van der Waals surface area contributed by atoms with E-state index in [1.54, 1.807) is 73.7 Å². The van der Waals surface area contributed by atoms with E-state index in [0.717, 1.165) is 11.3 Å². The smallest absolute Gasteiger partial charge is 0.272 e. The number of halogens is 1. The van der Waals surface area contributed by atoms with Gasteiger partial charge in [-0.3, -0.25) is 14.4 Å². The summed E-state index contributed by atoms with van der Waals surface area (Å²) in [5.41, 5.74) is 4.19. The van der Waals surface area contributed by atoms with Gasteiger partial charge < -0.3 is 15.4 Å². The van der Waals surface area contributed by atoms with Gasteiger partial charge in [0.05, 0.1) is 34.3 Å². The molecule has 40 heavy (non-hydrogen) atoms. The molecule has 0 radical (unpaired) electrons. The van der Waals surface area contributed by atoms with E-state index >= 15 is 0 Å². The molecule has 0 aliphatic rings. The van der Waals surface area contributed by atoms with Crippen LogP contribution in [0.25, 0.3) is 0 Å². The van der Waals surface area contributed by atoms with Crippen LogP contribution in [0.15, 0.2) is 84.0 Å². The Morgan fingerprint density at radius 2 is 1.68 bits per heavy atom. The number of hydrogen-bond acceptors (Lipinski definition) is 8. The van der Waals surface area contributed by atoms with Gasteiger partial charge in [-0.15, -0.1) is 0 Å². The van der Waals surface area contributed by atoms with E-state index in [1.807, 2.05) is 19.1 Å². The van der Waals surface area contributed by atoms with Gasteiger partial charge in [0, 0.05) is 11.3 Å². The zero-order chi connectivity index (χ0) is 28.5. The lowest BCUT2D eigenvalue weighted by Gasteiger charge is -2.09. The standard InChI is InChI=1S/C29H26ClN5O4S/c1-3-39-21-15-13-20(14-16-21)32-28(38)24(34-35-27(37)19-9-5-4-6-10-19)17-25(36)26-18(2)31-29(40-26)33-23-12-8-7-11-22(23)30/h4-16H,3,17H2,1-2H3,(H,31,33)(H,32,38)(H,35,37)/b34-24-. The second kappa shape index (κ2) is 13.5. The van der Waals surface area contributed by atoms with Crippen molar-refractivity contribution >= 4 is 62.8 Å². The molecule has 204 valence electrons. The molecule has 1 heterocycles. The monoisotopic (exact) mass is 575 g/mol. The first-order valence-electron chi connectivity index (χ1n) is 12.3. The van der Waals surface area contributed by atoms with Crippen LogP contribution in [0.1, 0.15) is 39.1 Å². The molecule has 11 heteroatoms. The van der Waals surface area contributed by atoms with Gasteiger partial charge in [-0.05, 0) is 62.4 Å². The minimum atomic E-state index is -0.637. The van der Waals surface area contributed by atoms with Gasteiger partial charge >= 0.3 is 0 Å². The fourth-order valence-electron chi connectivity index (χ4n) is 3.57. The van der Waals surface area contributed by atoms with E-state index in [4.69, 9.17) is 16.3 Å². The first-order chi connectivity index (χ1) is 19.3. The maximum Gasteiger partial charge on any atom is 0.272 e. The van der Waals surface area contributed by atoms with Gasteiger partial charge in [-0.2, -0.15) is 5.10 Å². The lowest BCUT2D eigenvalue weighted by atomic mass is 10.1. The number of thiazole rings is 1. The van der Waals surface area contributed by atoms with E-state index in [-0.39, 0.29) is 17.9 Å². The average Bonchev–Trinajstić information content (AvgIpc) is 3.33. The molecule has 0 aliphatic carbocycles. The number of carbonyl (C=O) groups excluding carboxylic acids is 3. The highest BCUT2D eigenvalue weighted by Crippen LogP contribution is 2.30. The number of ketones is 1. The molecule has 0 unspecified atom stereocenters. The number of nitrogens with zero attached hydrogens (tertiary/aromatic N) is 2. The maximum absolute atomic E-state index is 13.3. The third-order valence-electron chi connectivity index (χ3n) is 5.51. The maximum atomic E-state index is 13.3. The topological polar surface area (TPSA) is 122 Å². The zero-order valence-electron chi connectivity index (χ0n) is 21.7. The van der Waals surface area contributed by atoms with Crippen LogP contribution >= 0.6 is 22.9 Å². The molecule has 0 saturated carbocycles. The highest BCUT2D eigenvalue weighted by molar-refractivity contribution is 7.17. The fraction of sp³-hybridized carbons (Fsp3) is 0.138. The van der Waals surface area contributed by atoms with Crippen molar-refractivity contribution in [2.24, 2.45) is 5.10 Å². The van der Waals surface area contributed by atoms with Crippen LogP contribution in [0, 0.1) is 6.92 Å². The number of carbonyl (C=O) groups is 3. The number of para-hydroxylation sites is 1. The molecular weight excluding hydrogens is 550 g/mol. The van der Waals surface area contributed by atoms with Crippen molar-refractivity contribution in [1.82, 2.24) is 10.4 Å². The second-order valence-electron chi connectivity index (χ2n) is 8.42. The Balaban J connectivity index is 1.54. The first-order valence-corrected chi connectivity index (χ1v) is 13.5. The van der Waals surface area contributed by atoms with Crippen LogP contribution in [0.5, 0.6) is 5.75 Å². The Morgan fingerprint density at radius 3 is 2.38 bits per heavy atom. The SMILES string of the molecule is CCOc1ccc(NC(=O)/C(CC(=O)c2sc(Nc3ccccc3Cl)nc2C)=N\NC(=O)c2ccccc2)cc1. The molecule has 9 nitrogen and oxygen atoms in total. The third-order valence-corrected chi connectivity index (χ3v) is 6.95. The quantitative estimate of drug-likeness (QED) is 0.110. The Bertz CT molecular complexity index is 1540. The van der Waals surface area contributed by atoms with Crippen LogP contribution in [-0.2, 0) is 4.79 Å². The number of aryl methyl sites for hydroxylation is 1. The molecule has 0 atom stereocenters. The van der Waals surface area contributed by atoms with Crippen LogP contribution in [-0.4, -0.2) is 34.9 Å². The average molecular weight is 576 g/mol. The number of amides is 2. The van der Waals surface area contributed by atoms with Crippen molar-refractivity contribution in [3.05, 3.63) is 100 Å². The summed E-state index contributed by atoms with van der Waals surface area (Å²) in [5.74, 6) is -0.875. The number of hydrazone groups is 1. The Kier molecular flexibility index (Phi) is 9.61. The Labute approximate surface area is 240 Å². The summed E-state index contributed by atoms with van der Waals surface area (Å²) < 4.78 is 5.43. The summed E-state index contributed by atoms with van der Waals surface area (Å²) in [4.78, 5) is 43.9. The number of benzene rings is 3. The van der Waals surface area contributed by atoms with Crippen LogP contribution < -0.4 is 20.8 Å². The highest BCUT2D eigenvalue weighted by atomic mass is 35.5. The number of Topliss-reactive ketones (excluding diaryl/α,β-unsaturated/α-hetero) is 1. The molecule has 4 rings (SSSR count). The van der Waals surface area contributed by atoms with E-state index in [1.165, 1.54) is 0 Å². The van der Waals surface area contributed by atoms with Gasteiger partial charge in [-0.1, -0.05) is 53.3 Å². The number of hydrogen-bond donors (Lipinski definition) is 3. The highest BCUT2D eigenvalue weighted by Gasteiger charge is 2.22. The van der Waals surface area contributed by atoms with E-state index < -0.39 is 11.8 Å². The molecule has 0 spiro atoms. The van der Waals surface area contributed by atoms with E-state index in [0.29, 0.717) is 50.0 Å². The number of rotatable bonds is 11. The molecule has 0 aliphatic heterocycles. The second-order valence-corrected chi connectivity index (χ2v) is 9.82. The molecule has 4 aromatic rings. The van der Waals surface area contributed by atoms with E-state index in [9.17, 15) is 14.4 Å². The number of ether oxygens (including phenoxy) is 1. The summed E-state index contributed by atoms with van der Waals surface area (Å²) in [7, 11) is 0. The van der Waals surface area contributed by atoms with E-state index in [2.05, 4.69) is 26.1 Å². The fourth-order valence-corrected chi connectivity index (χ4v) is 4.67. The van der Waals surface area contributed by atoms with Gasteiger partial charge in [0.15, 0.2) is 10.9 Å². The summed E-state index contributed by atoms with van der Waals surface area (Å²) in [5, 5.41) is 10.9. The summed E-state index contributed by atoms with van der Waals surface area (Å²) in [6, 6.07) is 22.4. The van der Waals surface area contributed by atoms with Gasteiger partial charge in [0.1, 0.15) is 11.5 Å². The summed E-state index contributed by atoms with van der Waals surface area (Å²) in [6.07, 6.45) is -0.369. The number of nitrogens with one attached hydrogen (secondary N) is 3. The van der Waals surface area contributed by atoms with Crippen LogP contribution in [0.4, 0.5) is 16.5 Å². The minimum absolute atomic E-state index is 0.170. The minimum Gasteiger partial charge on any atom is -0.494 e. The van der Waals surface area contributed by atoms with Crippen molar-refractivity contribution in [2.45, 2.75) is 20.3 Å². The van der Waals surface area contributed by atoms with Crippen molar-refractivity contribution < 1.29 is 19.1 Å². The van der Waals surface area contributed by atoms with Crippen LogP contribution in [0.2, 0.25) is 5.02 Å². The van der Waals surface area contributed by atoms with Crippen molar-refractivity contribution in [2.75, 3.05) is 17.2 Å². The number of anilines is 3. The van der Waals surface area contributed by atoms with Gasteiger partial charge in [0.25, 0.3) is 11.8 Å². The molecule has 0 fully saturated rings. The molecule has 2 amide bonds. The molecule has 3 N–H and O–H groups in total. The normalized spacial score (nSPS) is 11.0. The molecular formula is C29H26ClN5O4S. The molecule has 1 aromatic heterocycles. The lowest BCUT2D eigenvalue weighted by molar-refractivity contribution is -0.110. The predicted molar refractivity (Wildman–Crippen MR) is 158 cm³/mol. The van der Waals surface area contributed by atoms with Gasteiger partial charge in [-0.25, -0.2) is 10.4 Å². The molecule has 0 saturated heterocycles. The Hall–Kier alpha value is -4.54.